The molecule has 0 spiro atoms. The number of hydrogen-bond acceptors (Lipinski definition) is 3. The van der Waals surface area contributed by atoms with Gasteiger partial charge in [-0.2, -0.15) is 0 Å². The fourth-order valence-corrected chi connectivity index (χ4v) is 5.26. The summed E-state index contributed by atoms with van der Waals surface area (Å²) in [5, 5.41) is -0.456. The van der Waals surface area contributed by atoms with Gasteiger partial charge in [0.05, 0.1) is 10.1 Å². The normalized spacial score (nSPS) is 26.6. The van der Waals surface area contributed by atoms with Crippen LogP contribution in [0.1, 0.15) is 37.8 Å². The molecule has 0 amide bonds. The zero-order valence-electron chi connectivity index (χ0n) is 12.1. The summed E-state index contributed by atoms with van der Waals surface area (Å²) in [5.74, 6) is 0. The van der Waals surface area contributed by atoms with Gasteiger partial charge in [-0.05, 0) is 49.3 Å². The van der Waals surface area contributed by atoms with Gasteiger partial charge < -0.3 is 5.73 Å². The van der Waals surface area contributed by atoms with Gasteiger partial charge in [-0.1, -0.05) is 26.0 Å². The molecule has 2 unspecified atom stereocenters. The molecule has 0 saturated heterocycles. The zero-order valence-corrected chi connectivity index (χ0v) is 12.9. The number of hydrogen-bond donors (Lipinski definition) is 1. The van der Waals surface area contributed by atoms with E-state index in [-0.39, 0.29) is 11.5 Å². The highest BCUT2D eigenvalue weighted by Crippen LogP contribution is 2.41. The summed E-state index contributed by atoms with van der Waals surface area (Å²) in [6.07, 6.45) is 1.52. The Balaban J connectivity index is 2.47. The van der Waals surface area contributed by atoms with Crippen molar-refractivity contribution in [1.82, 2.24) is 0 Å². The Kier molecular flexibility index (Phi) is 3.52. The van der Waals surface area contributed by atoms with Gasteiger partial charge in [-0.15, -0.1) is 0 Å². The summed E-state index contributed by atoms with van der Waals surface area (Å²) in [6.45, 7) is 7.86. The average Bonchev–Trinajstić information content (AvgIpc) is 2.58. The van der Waals surface area contributed by atoms with E-state index in [0.29, 0.717) is 11.3 Å². The molecule has 106 valence electrons. The second-order valence-corrected chi connectivity index (χ2v) is 8.54. The summed E-state index contributed by atoms with van der Waals surface area (Å²) in [4.78, 5) is 0.450. The summed E-state index contributed by atoms with van der Waals surface area (Å²) >= 11 is 0. The highest BCUT2D eigenvalue weighted by Gasteiger charge is 2.46. The Bertz CT molecular complexity index is 590. The average molecular weight is 281 g/mol. The summed E-state index contributed by atoms with van der Waals surface area (Å²) in [7, 11) is -3.34. The van der Waals surface area contributed by atoms with E-state index in [1.165, 1.54) is 0 Å². The summed E-state index contributed by atoms with van der Waals surface area (Å²) in [6, 6.07) is 5.28. The van der Waals surface area contributed by atoms with Crippen LogP contribution in [0.25, 0.3) is 0 Å². The maximum absolute atomic E-state index is 12.8. The molecule has 1 aromatic rings. The lowest BCUT2D eigenvalue weighted by Crippen LogP contribution is -2.43. The third kappa shape index (κ3) is 2.43. The number of rotatable bonds is 2. The third-order valence-corrected chi connectivity index (χ3v) is 6.80. The lowest BCUT2D eigenvalue weighted by Gasteiger charge is -2.27. The van der Waals surface area contributed by atoms with Crippen LogP contribution in [0.4, 0.5) is 0 Å². The van der Waals surface area contributed by atoms with E-state index in [4.69, 9.17) is 5.73 Å². The molecule has 0 radical (unpaired) electrons. The van der Waals surface area contributed by atoms with Crippen molar-refractivity contribution in [2.75, 3.05) is 0 Å². The highest BCUT2D eigenvalue weighted by atomic mass is 32.2. The minimum Gasteiger partial charge on any atom is -0.326 e. The van der Waals surface area contributed by atoms with Gasteiger partial charge in [-0.25, -0.2) is 8.42 Å². The molecule has 1 aromatic carbocycles. The SMILES string of the molecule is Cc1ccc(C)c(S(=O)(=O)C2CCC(C)(C)C2N)c1. The predicted molar refractivity (Wildman–Crippen MR) is 77.9 cm³/mol. The van der Waals surface area contributed by atoms with E-state index in [9.17, 15) is 8.42 Å². The Hall–Kier alpha value is -0.870. The van der Waals surface area contributed by atoms with Gasteiger partial charge in [0.25, 0.3) is 0 Å². The van der Waals surface area contributed by atoms with Gasteiger partial charge in [0, 0.05) is 6.04 Å². The highest BCUT2D eigenvalue weighted by molar-refractivity contribution is 7.92. The first kappa shape index (κ1) is 14.5. The molecule has 2 N–H and O–H groups in total. The summed E-state index contributed by atoms with van der Waals surface area (Å²) in [5.41, 5.74) is 7.86. The number of nitrogens with two attached hydrogens (primary N) is 1. The topological polar surface area (TPSA) is 60.2 Å². The van der Waals surface area contributed by atoms with Crippen molar-refractivity contribution < 1.29 is 8.42 Å². The first-order valence-corrected chi connectivity index (χ1v) is 8.27. The Morgan fingerprint density at radius 2 is 1.89 bits per heavy atom. The van der Waals surface area contributed by atoms with Crippen LogP contribution in [0.2, 0.25) is 0 Å². The van der Waals surface area contributed by atoms with Gasteiger partial charge in [0.15, 0.2) is 9.84 Å². The molecule has 19 heavy (non-hydrogen) atoms. The maximum atomic E-state index is 12.8. The Morgan fingerprint density at radius 1 is 1.26 bits per heavy atom. The quantitative estimate of drug-likeness (QED) is 0.906. The van der Waals surface area contributed by atoms with Crippen LogP contribution in [0.5, 0.6) is 0 Å². The molecular formula is C15H23NO2S. The fraction of sp³-hybridized carbons (Fsp3) is 0.600. The minimum absolute atomic E-state index is 0.102. The first-order chi connectivity index (χ1) is 8.66. The first-order valence-electron chi connectivity index (χ1n) is 6.73. The van der Waals surface area contributed by atoms with E-state index in [1.54, 1.807) is 6.07 Å². The van der Waals surface area contributed by atoms with E-state index >= 15 is 0 Å². The molecule has 3 nitrogen and oxygen atoms in total. The van der Waals surface area contributed by atoms with Crippen molar-refractivity contribution in [2.24, 2.45) is 11.1 Å². The van der Waals surface area contributed by atoms with Crippen LogP contribution in [0.3, 0.4) is 0 Å². The van der Waals surface area contributed by atoms with Gasteiger partial charge >= 0.3 is 0 Å². The third-order valence-electron chi connectivity index (χ3n) is 4.42. The molecule has 0 aromatic heterocycles. The molecule has 1 aliphatic rings. The lowest BCUT2D eigenvalue weighted by molar-refractivity contribution is 0.332. The lowest BCUT2D eigenvalue weighted by atomic mass is 9.88. The van der Waals surface area contributed by atoms with Crippen LogP contribution in [-0.2, 0) is 9.84 Å². The van der Waals surface area contributed by atoms with Crippen molar-refractivity contribution in [3.63, 3.8) is 0 Å². The monoisotopic (exact) mass is 281 g/mol. The molecule has 2 atom stereocenters. The number of benzene rings is 1. The molecule has 0 heterocycles. The van der Waals surface area contributed by atoms with E-state index < -0.39 is 15.1 Å². The van der Waals surface area contributed by atoms with Crippen LogP contribution in [0.15, 0.2) is 23.1 Å². The molecule has 4 heteroatoms. The predicted octanol–water partition coefficient (Wildman–Crippen LogP) is 2.59. The van der Waals surface area contributed by atoms with Crippen LogP contribution in [0, 0.1) is 19.3 Å². The molecule has 2 rings (SSSR count). The van der Waals surface area contributed by atoms with Crippen molar-refractivity contribution in [1.29, 1.82) is 0 Å². The van der Waals surface area contributed by atoms with Crippen LogP contribution < -0.4 is 5.73 Å². The van der Waals surface area contributed by atoms with E-state index in [1.807, 2.05) is 26.0 Å². The molecule has 0 aliphatic heterocycles. The van der Waals surface area contributed by atoms with Gasteiger partial charge in [0.2, 0.25) is 0 Å². The second-order valence-electron chi connectivity index (χ2n) is 6.41. The van der Waals surface area contributed by atoms with Crippen molar-refractivity contribution >= 4 is 9.84 Å². The number of aryl methyl sites for hydroxylation is 2. The van der Waals surface area contributed by atoms with Crippen molar-refractivity contribution in [3.05, 3.63) is 29.3 Å². The second kappa shape index (κ2) is 4.60. The van der Waals surface area contributed by atoms with Gasteiger partial charge in [-0.3, -0.25) is 0 Å². The molecule has 1 aliphatic carbocycles. The van der Waals surface area contributed by atoms with Crippen LogP contribution in [-0.4, -0.2) is 19.7 Å². The molecule has 0 bridgehead atoms. The molecule has 1 fully saturated rings. The van der Waals surface area contributed by atoms with E-state index in [2.05, 4.69) is 13.8 Å². The Morgan fingerprint density at radius 3 is 2.42 bits per heavy atom. The largest absolute Gasteiger partial charge is 0.326 e. The summed E-state index contributed by atoms with van der Waals surface area (Å²) < 4.78 is 25.7. The fourth-order valence-electron chi connectivity index (χ4n) is 2.89. The van der Waals surface area contributed by atoms with Crippen molar-refractivity contribution in [2.45, 2.75) is 56.7 Å². The van der Waals surface area contributed by atoms with E-state index in [0.717, 1.165) is 17.5 Å². The zero-order chi connectivity index (χ0) is 14.4. The standard InChI is InChI=1S/C15H23NO2S/c1-10-5-6-11(2)13(9-10)19(17,18)12-7-8-15(3,4)14(12)16/h5-6,9,12,14H,7-8,16H2,1-4H3. The van der Waals surface area contributed by atoms with Crippen LogP contribution >= 0.6 is 0 Å². The molecular weight excluding hydrogens is 258 g/mol. The smallest absolute Gasteiger partial charge is 0.183 e. The molecule has 1 saturated carbocycles. The number of sulfone groups is 1. The van der Waals surface area contributed by atoms with Crippen molar-refractivity contribution in [3.8, 4) is 0 Å². The maximum Gasteiger partial charge on any atom is 0.183 e. The Labute approximate surface area is 116 Å². The van der Waals surface area contributed by atoms with Gasteiger partial charge in [0.1, 0.15) is 0 Å². The minimum atomic E-state index is -3.34.